The maximum absolute atomic E-state index is 12.8. The molecule has 0 fully saturated rings. The van der Waals surface area contributed by atoms with Gasteiger partial charge in [0.2, 0.25) is 0 Å². The van der Waals surface area contributed by atoms with Crippen LogP contribution in [0.3, 0.4) is 0 Å². The number of sulfonamides is 1. The van der Waals surface area contributed by atoms with E-state index in [0.717, 1.165) is 37.7 Å². The standard InChI is InChI=1S/C25H27N3O5S3/c1-32-20-10-7-6-9-19(20)28-36(30,31)17-14-12-16(13-15-17)26-25(34)27-23-22(24(29)33-2)18-8-4-3-5-11-21(18)35-23/h6-7,9-10,12-15,28H,3-5,8,11H2,1-2H3,(H2,26,27,34). The van der Waals surface area contributed by atoms with Gasteiger partial charge in [-0.05, 0) is 79.9 Å². The minimum absolute atomic E-state index is 0.0906. The van der Waals surface area contributed by atoms with Crippen molar-refractivity contribution in [3.63, 3.8) is 0 Å². The quantitative estimate of drug-likeness (QED) is 0.205. The van der Waals surface area contributed by atoms with Crippen molar-refractivity contribution in [3.05, 3.63) is 64.5 Å². The Hall–Kier alpha value is -3.15. The van der Waals surface area contributed by atoms with Crippen molar-refractivity contribution in [1.82, 2.24) is 0 Å². The number of hydrogen-bond donors (Lipinski definition) is 3. The number of methoxy groups -OCH3 is 2. The fourth-order valence-corrected chi connectivity index (χ4v) is 6.70. The van der Waals surface area contributed by atoms with E-state index in [2.05, 4.69) is 15.4 Å². The maximum Gasteiger partial charge on any atom is 0.341 e. The Balaban J connectivity index is 1.47. The van der Waals surface area contributed by atoms with Crippen molar-refractivity contribution in [2.75, 3.05) is 29.6 Å². The fourth-order valence-electron chi connectivity index (χ4n) is 4.06. The van der Waals surface area contributed by atoms with E-state index in [1.54, 1.807) is 36.4 Å². The number of ether oxygens (including phenoxy) is 2. The number of esters is 1. The van der Waals surface area contributed by atoms with Crippen LogP contribution in [-0.4, -0.2) is 33.7 Å². The minimum atomic E-state index is -3.82. The third-order valence-electron chi connectivity index (χ3n) is 5.81. The second-order valence-electron chi connectivity index (χ2n) is 8.17. The molecule has 0 saturated heterocycles. The first-order valence-corrected chi connectivity index (χ1v) is 14.1. The predicted molar refractivity (Wildman–Crippen MR) is 147 cm³/mol. The summed E-state index contributed by atoms with van der Waals surface area (Å²) in [6, 6.07) is 13.0. The third-order valence-corrected chi connectivity index (χ3v) is 8.60. The number of carbonyl (C=O) groups is 1. The minimum Gasteiger partial charge on any atom is -0.495 e. The number of aryl methyl sites for hydroxylation is 1. The fraction of sp³-hybridized carbons (Fsp3) is 0.280. The number of benzene rings is 2. The molecule has 0 amide bonds. The summed E-state index contributed by atoms with van der Waals surface area (Å²) < 4.78 is 38.5. The molecule has 8 nitrogen and oxygen atoms in total. The monoisotopic (exact) mass is 545 g/mol. The first kappa shape index (κ1) is 25.9. The molecule has 3 aromatic rings. The SMILES string of the molecule is COC(=O)c1c(NC(=S)Nc2ccc(S(=O)(=O)Nc3ccccc3OC)cc2)sc2c1CCCCC2. The smallest absolute Gasteiger partial charge is 0.341 e. The largest absolute Gasteiger partial charge is 0.495 e. The van der Waals surface area contributed by atoms with Crippen LogP contribution >= 0.6 is 23.6 Å². The molecule has 1 aromatic heterocycles. The predicted octanol–water partition coefficient (Wildman–Crippen LogP) is 5.42. The number of nitrogens with one attached hydrogen (secondary N) is 3. The molecule has 0 bridgehead atoms. The lowest BCUT2D eigenvalue weighted by Gasteiger charge is -2.13. The summed E-state index contributed by atoms with van der Waals surface area (Å²) in [5.74, 6) is 0.0461. The number of thiocarbonyl (C=S) groups is 1. The number of anilines is 3. The van der Waals surface area contributed by atoms with Gasteiger partial charge in [0.05, 0.1) is 30.4 Å². The van der Waals surface area contributed by atoms with E-state index in [-0.39, 0.29) is 10.9 Å². The number of hydrogen-bond acceptors (Lipinski definition) is 7. The van der Waals surface area contributed by atoms with Crippen LogP contribution in [0, 0.1) is 0 Å². The molecule has 0 aliphatic heterocycles. The summed E-state index contributed by atoms with van der Waals surface area (Å²) in [5, 5.41) is 7.14. The first-order chi connectivity index (χ1) is 17.3. The van der Waals surface area contributed by atoms with Gasteiger partial charge in [-0.25, -0.2) is 13.2 Å². The van der Waals surface area contributed by atoms with Crippen LogP contribution in [0.4, 0.5) is 16.4 Å². The second-order valence-corrected chi connectivity index (χ2v) is 11.4. The molecule has 190 valence electrons. The molecule has 1 heterocycles. The van der Waals surface area contributed by atoms with Gasteiger partial charge in [-0.3, -0.25) is 4.72 Å². The highest BCUT2D eigenvalue weighted by atomic mass is 32.2. The molecule has 0 radical (unpaired) electrons. The van der Waals surface area contributed by atoms with Crippen LogP contribution in [0.15, 0.2) is 53.4 Å². The zero-order valence-electron chi connectivity index (χ0n) is 19.9. The van der Waals surface area contributed by atoms with Gasteiger partial charge in [0.1, 0.15) is 10.8 Å². The van der Waals surface area contributed by atoms with E-state index in [0.29, 0.717) is 32.8 Å². The maximum atomic E-state index is 12.8. The van der Waals surface area contributed by atoms with Crippen molar-refractivity contribution < 1.29 is 22.7 Å². The number of para-hydroxylation sites is 2. The van der Waals surface area contributed by atoms with Crippen molar-refractivity contribution in [2.24, 2.45) is 0 Å². The van der Waals surface area contributed by atoms with E-state index in [4.69, 9.17) is 21.7 Å². The molecule has 4 rings (SSSR count). The Labute approximate surface area is 220 Å². The molecule has 3 N–H and O–H groups in total. The molecule has 36 heavy (non-hydrogen) atoms. The molecule has 11 heteroatoms. The molecule has 0 atom stereocenters. The summed E-state index contributed by atoms with van der Waals surface area (Å²) in [4.78, 5) is 13.8. The Morgan fingerprint density at radius 1 is 0.972 bits per heavy atom. The normalized spacial score (nSPS) is 13.2. The zero-order valence-corrected chi connectivity index (χ0v) is 22.4. The van der Waals surface area contributed by atoms with Crippen LogP contribution in [0.5, 0.6) is 5.75 Å². The molecule has 2 aromatic carbocycles. The van der Waals surface area contributed by atoms with Gasteiger partial charge in [-0.2, -0.15) is 0 Å². The highest BCUT2D eigenvalue weighted by molar-refractivity contribution is 7.92. The lowest BCUT2D eigenvalue weighted by atomic mass is 10.1. The van der Waals surface area contributed by atoms with E-state index < -0.39 is 10.0 Å². The van der Waals surface area contributed by atoms with E-state index in [1.807, 2.05) is 0 Å². The Bertz CT molecular complexity index is 1370. The molecule has 1 aliphatic rings. The summed E-state index contributed by atoms with van der Waals surface area (Å²) in [6.45, 7) is 0. The average molecular weight is 546 g/mol. The summed E-state index contributed by atoms with van der Waals surface area (Å²) >= 11 is 7.01. The van der Waals surface area contributed by atoms with Gasteiger partial charge in [-0.1, -0.05) is 18.6 Å². The number of carbonyl (C=O) groups excluding carboxylic acids is 1. The second kappa shape index (κ2) is 11.3. The van der Waals surface area contributed by atoms with Gasteiger partial charge in [-0.15, -0.1) is 11.3 Å². The highest BCUT2D eigenvalue weighted by Crippen LogP contribution is 2.38. The third kappa shape index (κ3) is 5.80. The molecule has 0 unspecified atom stereocenters. The van der Waals surface area contributed by atoms with Crippen LogP contribution < -0.4 is 20.1 Å². The van der Waals surface area contributed by atoms with Gasteiger partial charge in [0.15, 0.2) is 5.11 Å². The summed E-state index contributed by atoms with van der Waals surface area (Å²) in [6.07, 6.45) is 5.06. The summed E-state index contributed by atoms with van der Waals surface area (Å²) in [7, 11) is -0.964. The zero-order chi connectivity index (χ0) is 25.7. The average Bonchev–Trinajstić information content (AvgIpc) is 3.03. The van der Waals surface area contributed by atoms with Gasteiger partial charge >= 0.3 is 5.97 Å². The van der Waals surface area contributed by atoms with Crippen LogP contribution in [-0.2, 0) is 27.6 Å². The van der Waals surface area contributed by atoms with Crippen LogP contribution in [0.25, 0.3) is 0 Å². The molecule has 0 spiro atoms. The van der Waals surface area contributed by atoms with Crippen molar-refractivity contribution in [2.45, 2.75) is 37.0 Å². The van der Waals surface area contributed by atoms with E-state index >= 15 is 0 Å². The van der Waals surface area contributed by atoms with Crippen molar-refractivity contribution in [3.8, 4) is 5.75 Å². The Kier molecular flexibility index (Phi) is 8.12. The number of thiophene rings is 1. The lowest BCUT2D eigenvalue weighted by molar-refractivity contribution is 0.0601. The van der Waals surface area contributed by atoms with Gasteiger partial charge in [0.25, 0.3) is 10.0 Å². The Morgan fingerprint density at radius 3 is 2.42 bits per heavy atom. The van der Waals surface area contributed by atoms with Crippen LogP contribution in [0.1, 0.15) is 40.1 Å². The van der Waals surface area contributed by atoms with E-state index in [1.165, 1.54) is 42.6 Å². The molecule has 0 saturated carbocycles. The highest BCUT2D eigenvalue weighted by Gasteiger charge is 2.26. The van der Waals surface area contributed by atoms with Crippen LogP contribution in [0.2, 0.25) is 0 Å². The molecular weight excluding hydrogens is 518 g/mol. The Morgan fingerprint density at radius 2 is 1.69 bits per heavy atom. The summed E-state index contributed by atoms with van der Waals surface area (Å²) in [5.41, 5.74) is 2.55. The van der Waals surface area contributed by atoms with Gasteiger partial charge in [0, 0.05) is 10.6 Å². The van der Waals surface area contributed by atoms with Crippen molar-refractivity contribution in [1.29, 1.82) is 0 Å². The molecule has 1 aliphatic carbocycles. The topological polar surface area (TPSA) is 106 Å². The number of fused-ring (bicyclic) bond motifs is 1. The number of rotatable bonds is 7. The lowest BCUT2D eigenvalue weighted by Crippen LogP contribution is -2.20. The first-order valence-electron chi connectivity index (χ1n) is 11.4. The van der Waals surface area contributed by atoms with E-state index in [9.17, 15) is 13.2 Å². The van der Waals surface area contributed by atoms with Crippen molar-refractivity contribution >= 4 is 61.0 Å². The molecular formula is C25H27N3O5S3. The van der Waals surface area contributed by atoms with Gasteiger partial charge < -0.3 is 20.1 Å².